The van der Waals surface area contributed by atoms with Gasteiger partial charge in [-0.05, 0) is 26.7 Å². The molecule has 2 rings (SSSR count). The number of nitrogens with zero attached hydrogens (tertiary/aromatic N) is 2. The molecule has 1 saturated carbocycles. The molecule has 1 aromatic rings. The highest BCUT2D eigenvalue weighted by Gasteiger charge is 2.22. The van der Waals surface area contributed by atoms with E-state index in [1.165, 1.54) is 19.3 Å². The number of anilines is 1. The first kappa shape index (κ1) is 12.1. The number of carbonyl (C=O) groups excluding carboxylic acids is 1. The van der Waals surface area contributed by atoms with Gasteiger partial charge in [0.25, 0.3) is 0 Å². The summed E-state index contributed by atoms with van der Waals surface area (Å²) >= 11 is 0. The minimum Gasteiger partial charge on any atom is -0.323 e. The van der Waals surface area contributed by atoms with Crippen molar-refractivity contribution in [2.75, 3.05) is 5.32 Å². The molecule has 1 fully saturated rings. The summed E-state index contributed by atoms with van der Waals surface area (Å²) in [5.74, 6) is 0.367. The van der Waals surface area contributed by atoms with Gasteiger partial charge in [0.05, 0.1) is 17.1 Å². The fraction of sp³-hybridized carbons (Fsp3) is 0.692. The smallest absolute Gasteiger partial charge is 0.227 e. The molecule has 1 aliphatic carbocycles. The second-order valence-electron chi connectivity index (χ2n) is 4.99. The van der Waals surface area contributed by atoms with Gasteiger partial charge in [-0.15, -0.1) is 0 Å². The van der Waals surface area contributed by atoms with Gasteiger partial charge in [0.2, 0.25) is 5.91 Å². The fourth-order valence-electron chi connectivity index (χ4n) is 2.54. The Morgan fingerprint density at radius 2 is 1.94 bits per heavy atom. The normalized spacial score (nSPS) is 17.1. The number of rotatable bonds is 2. The topological polar surface area (TPSA) is 46.9 Å². The third-order valence-corrected chi connectivity index (χ3v) is 3.73. The first-order valence-electron chi connectivity index (χ1n) is 6.40. The van der Waals surface area contributed by atoms with Gasteiger partial charge >= 0.3 is 0 Å². The van der Waals surface area contributed by atoms with Crippen LogP contribution in [0.2, 0.25) is 0 Å². The van der Waals surface area contributed by atoms with Crippen LogP contribution in [-0.4, -0.2) is 15.7 Å². The fourth-order valence-corrected chi connectivity index (χ4v) is 2.54. The largest absolute Gasteiger partial charge is 0.323 e. The molecule has 0 unspecified atom stereocenters. The highest BCUT2D eigenvalue weighted by molar-refractivity contribution is 5.93. The van der Waals surface area contributed by atoms with E-state index in [0.717, 1.165) is 29.9 Å². The molecule has 4 nitrogen and oxygen atoms in total. The molecule has 17 heavy (non-hydrogen) atoms. The van der Waals surface area contributed by atoms with Crippen molar-refractivity contribution in [2.24, 2.45) is 13.0 Å². The van der Waals surface area contributed by atoms with Crippen LogP contribution in [0, 0.1) is 19.8 Å². The Labute approximate surface area is 102 Å². The number of aryl methyl sites for hydroxylation is 2. The summed E-state index contributed by atoms with van der Waals surface area (Å²) in [5.41, 5.74) is 2.81. The third-order valence-electron chi connectivity index (χ3n) is 3.73. The molecule has 1 heterocycles. The Hall–Kier alpha value is -1.32. The summed E-state index contributed by atoms with van der Waals surface area (Å²) in [5, 5.41) is 7.36. The Morgan fingerprint density at radius 1 is 1.29 bits per heavy atom. The molecule has 4 heteroatoms. The predicted molar refractivity (Wildman–Crippen MR) is 67.9 cm³/mol. The summed E-state index contributed by atoms with van der Waals surface area (Å²) in [6.07, 6.45) is 5.70. The first-order valence-corrected chi connectivity index (χ1v) is 6.40. The number of hydrogen-bond acceptors (Lipinski definition) is 2. The minimum atomic E-state index is 0.170. The van der Waals surface area contributed by atoms with E-state index in [1.807, 2.05) is 25.6 Å². The van der Waals surface area contributed by atoms with Crippen LogP contribution in [0.1, 0.15) is 43.5 Å². The molecule has 1 N–H and O–H groups in total. The van der Waals surface area contributed by atoms with Gasteiger partial charge in [-0.1, -0.05) is 19.3 Å². The summed E-state index contributed by atoms with van der Waals surface area (Å²) in [6.45, 7) is 3.92. The van der Waals surface area contributed by atoms with Gasteiger partial charge in [0, 0.05) is 13.0 Å². The maximum Gasteiger partial charge on any atom is 0.227 e. The van der Waals surface area contributed by atoms with E-state index in [1.54, 1.807) is 0 Å². The molecule has 0 atom stereocenters. The van der Waals surface area contributed by atoms with Crippen molar-refractivity contribution < 1.29 is 4.79 Å². The zero-order valence-electron chi connectivity index (χ0n) is 10.9. The Kier molecular flexibility index (Phi) is 3.50. The summed E-state index contributed by atoms with van der Waals surface area (Å²) < 4.78 is 1.81. The summed E-state index contributed by atoms with van der Waals surface area (Å²) in [4.78, 5) is 12.1. The highest BCUT2D eigenvalue weighted by Crippen LogP contribution is 2.26. The maximum atomic E-state index is 12.1. The van der Waals surface area contributed by atoms with Gasteiger partial charge in [0.15, 0.2) is 0 Å². The zero-order chi connectivity index (χ0) is 12.4. The standard InChI is InChI=1S/C13H21N3O/c1-9-12(10(2)16(3)15-9)14-13(17)11-7-5-4-6-8-11/h11H,4-8H2,1-3H3,(H,14,17). The SMILES string of the molecule is Cc1nn(C)c(C)c1NC(=O)C1CCCCC1. The summed E-state index contributed by atoms with van der Waals surface area (Å²) in [7, 11) is 1.90. The van der Waals surface area contributed by atoms with Crippen LogP contribution in [-0.2, 0) is 11.8 Å². The molecule has 1 amide bonds. The van der Waals surface area contributed by atoms with Crippen molar-refractivity contribution >= 4 is 11.6 Å². The first-order chi connectivity index (χ1) is 8.09. The number of carbonyl (C=O) groups is 1. The van der Waals surface area contributed by atoms with Crippen molar-refractivity contribution in [3.8, 4) is 0 Å². The average Bonchev–Trinajstić information content (AvgIpc) is 2.57. The average molecular weight is 235 g/mol. The monoisotopic (exact) mass is 235 g/mol. The van der Waals surface area contributed by atoms with Gasteiger partial charge in [-0.2, -0.15) is 5.10 Å². The lowest BCUT2D eigenvalue weighted by molar-refractivity contribution is -0.120. The number of aromatic nitrogens is 2. The minimum absolute atomic E-state index is 0.170. The van der Waals surface area contributed by atoms with Gasteiger partial charge in [-0.25, -0.2) is 0 Å². The van der Waals surface area contributed by atoms with E-state index >= 15 is 0 Å². The number of hydrogen-bond donors (Lipinski definition) is 1. The third kappa shape index (κ3) is 2.51. The molecular weight excluding hydrogens is 214 g/mol. The molecular formula is C13H21N3O. The molecule has 1 aromatic heterocycles. The van der Waals surface area contributed by atoms with Crippen LogP contribution in [0.15, 0.2) is 0 Å². The predicted octanol–water partition coefficient (Wildman–Crippen LogP) is 2.56. The van der Waals surface area contributed by atoms with E-state index in [4.69, 9.17) is 0 Å². The lowest BCUT2D eigenvalue weighted by Gasteiger charge is -2.20. The lowest BCUT2D eigenvalue weighted by Crippen LogP contribution is -2.25. The van der Waals surface area contributed by atoms with E-state index in [2.05, 4.69) is 10.4 Å². The second-order valence-corrected chi connectivity index (χ2v) is 4.99. The van der Waals surface area contributed by atoms with Crippen LogP contribution in [0.3, 0.4) is 0 Å². The Morgan fingerprint density at radius 3 is 2.47 bits per heavy atom. The van der Waals surface area contributed by atoms with Crippen LogP contribution in [0.25, 0.3) is 0 Å². The molecule has 0 saturated heterocycles. The molecule has 0 aromatic carbocycles. The van der Waals surface area contributed by atoms with Crippen LogP contribution < -0.4 is 5.32 Å². The lowest BCUT2D eigenvalue weighted by atomic mass is 9.88. The highest BCUT2D eigenvalue weighted by atomic mass is 16.1. The van der Waals surface area contributed by atoms with Gasteiger partial charge in [-0.3, -0.25) is 9.48 Å². The van der Waals surface area contributed by atoms with Crippen molar-refractivity contribution in [3.05, 3.63) is 11.4 Å². The molecule has 94 valence electrons. The van der Waals surface area contributed by atoms with Gasteiger partial charge < -0.3 is 5.32 Å². The van der Waals surface area contributed by atoms with E-state index < -0.39 is 0 Å². The van der Waals surface area contributed by atoms with Crippen molar-refractivity contribution in [1.29, 1.82) is 0 Å². The van der Waals surface area contributed by atoms with E-state index in [9.17, 15) is 4.79 Å². The van der Waals surface area contributed by atoms with Crippen LogP contribution in [0.4, 0.5) is 5.69 Å². The van der Waals surface area contributed by atoms with Crippen molar-refractivity contribution in [1.82, 2.24) is 9.78 Å². The molecule has 0 radical (unpaired) electrons. The Bertz CT molecular complexity index is 417. The van der Waals surface area contributed by atoms with Crippen molar-refractivity contribution in [3.63, 3.8) is 0 Å². The Balaban J connectivity index is 2.07. The molecule has 1 aliphatic rings. The van der Waals surface area contributed by atoms with E-state index in [0.29, 0.717) is 0 Å². The number of amides is 1. The quantitative estimate of drug-likeness (QED) is 0.856. The van der Waals surface area contributed by atoms with E-state index in [-0.39, 0.29) is 11.8 Å². The maximum absolute atomic E-state index is 12.1. The zero-order valence-corrected chi connectivity index (χ0v) is 10.9. The molecule has 0 bridgehead atoms. The van der Waals surface area contributed by atoms with Crippen LogP contribution >= 0.6 is 0 Å². The van der Waals surface area contributed by atoms with Crippen molar-refractivity contribution in [2.45, 2.75) is 46.0 Å². The second kappa shape index (κ2) is 4.90. The van der Waals surface area contributed by atoms with Crippen LogP contribution in [0.5, 0.6) is 0 Å². The molecule has 0 spiro atoms. The molecule has 0 aliphatic heterocycles. The summed E-state index contributed by atoms with van der Waals surface area (Å²) in [6, 6.07) is 0. The number of nitrogens with one attached hydrogen (secondary N) is 1. The van der Waals surface area contributed by atoms with Gasteiger partial charge in [0.1, 0.15) is 0 Å².